The van der Waals surface area contributed by atoms with Crippen LogP contribution in [0.15, 0.2) is 24.3 Å². The summed E-state index contributed by atoms with van der Waals surface area (Å²) in [6.07, 6.45) is 2.00. The Morgan fingerprint density at radius 1 is 1.27 bits per heavy atom. The van der Waals surface area contributed by atoms with E-state index in [1.54, 1.807) is 4.68 Å². The van der Waals surface area contributed by atoms with E-state index in [1.807, 2.05) is 26.0 Å². The Balaban J connectivity index is 2.15. The smallest absolute Gasteiger partial charge is 0.256 e. The van der Waals surface area contributed by atoms with Crippen LogP contribution in [0.2, 0.25) is 5.15 Å². The van der Waals surface area contributed by atoms with Crippen LogP contribution >= 0.6 is 11.6 Å². The number of carbonyl (C=O) groups excluding carboxylic acids is 1. The van der Waals surface area contributed by atoms with Gasteiger partial charge in [0.1, 0.15) is 5.15 Å². The summed E-state index contributed by atoms with van der Waals surface area (Å²) < 4.78 is 1.68. The molecule has 22 heavy (non-hydrogen) atoms. The Kier molecular flexibility index (Phi) is 5.61. The molecule has 0 aliphatic heterocycles. The molecule has 1 aromatic carbocycles. The van der Waals surface area contributed by atoms with Gasteiger partial charge in [-0.25, -0.2) is 4.68 Å². The topological polar surface area (TPSA) is 46.9 Å². The van der Waals surface area contributed by atoms with Crippen molar-refractivity contribution in [3.8, 4) is 0 Å². The molecule has 1 N–H and O–H groups in total. The van der Waals surface area contributed by atoms with Gasteiger partial charge < -0.3 is 5.32 Å². The predicted octanol–water partition coefficient (Wildman–Crippen LogP) is 3.73. The normalized spacial score (nSPS) is 10.7. The lowest BCUT2D eigenvalue weighted by Crippen LogP contribution is -2.25. The highest BCUT2D eigenvalue weighted by molar-refractivity contribution is 6.33. The number of aryl methyl sites for hydroxylation is 2. The lowest BCUT2D eigenvalue weighted by molar-refractivity contribution is 0.0952. The van der Waals surface area contributed by atoms with Crippen LogP contribution in [0, 0.1) is 13.8 Å². The Labute approximate surface area is 136 Å². The van der Waals surface area contributed by atoms with Gasteiger partial charge in [-0.3, -0.25) is 4.79 Å². The van der Waals surface area contributed by atoms with Crippen molar-refractivity contribution in [2.45, 2.75) is 40.2 Å². The Hall–Kier alpha value is -1.81. The Morgan fingerprint density at radius 2 is 1.95 bits per heavy atom. The van der Waals surface area contributed by atoms with E-state index in [0.29, 0.717) is 29.5 Å². The summed E-state index contributed by atoms with van der Waals surface area (Å²) in [4.78, 5) is 12.2. The van der Waals surface area contributed by atoms with Crippen LogP contribution in [0.4, 0.5) is 0 Å². The van der Waals surface area contributed by atoms with Crippen molar-refractivity contribution in [1.82, 2.24) is 15.1 Å². The van der Waals surface area contributed by atoms with Crippen LogP contribution in [0.5, 0.6) is 0 Å². The second-order valence-corrected chi connectivity index (χ2v) is 5.86. The fourth-order valence-corrected chi connectivity index (χ4v) is 2.57. The maximum atomic E-state index is 12.2. The first kappa shape index (κ1) is 16.6. The second kappa shape index (κ2) is 7.45. The zero-order chi connectivity index (χ0) is 16.1. The first-order chi connectivity index (χ1) is 10.5. The average molecular weight is 320 g/mol. The van der Waals surface area contributed by atoms with E-state index < -0.39 is 0 Å². The number of halogens is 1. The number of unbranched alkanes of at least 4 members (excludes halogenated alkanes) is 1. The lowest BCUT2D eigenvalue weighted by atomic mass is 10.1. The van der Waals surface area contributed by atoms with Crippen molar-refractivity contribution < 1.29 is 4.79 Å². The van der Waals surface area contributed by atoms with Crippen LogP contribution in [0.3, 0.4) is 0 Å². The molecule has 2 aromatic rings. The van der Waals surface area contributed by atoms with Crippen molar-refractivity contribution in [2.24, 2.45) is 0 Å². The Bertz CT molecular complexity index is 647. The molecule has 0 aliphatic rings. The maximum absolute atomic E-state index is 12.2. The van der Waals surface area contributed by atoms with Gasteiger partial charge >= 0.3 is 0 Å². The minimum absolute atomic E-state index is 0.147. The molecule has 0 fully saturated rings. The molecule has 1 heterocycles. The Morgan fingerprint density at radius 3 is 2.59 bits per heavy atom. The van der Waals surface area contributed by atoms with E-state index in [4.69, 9.17) is 11.6 Å². The third kappa shape index (κ3) is 3.89. The summed E-state index contributed by atoms with van der Waals surface area (Å²) in [6.45, 7) is 7.17. The molecule has 0 bridgehead atoms. The van der Waals surface area contributed by atoms with Gasteiger partial charge in [0.25, 0.3) is 5.91 Å². The summed E-state index contributed by atoms with van der Waals surface area (Å²) in [5.74, 6) is -0.147. The summed E-state index contributed by atoms with van der Waals surface area (Å²) in [5.41, 5.74) is 3.45. The lowest BCUT2D eigenvalue weighted by Gasteiger charge is -2.05. The summed E-state index contributed by atoms with van der Waals surface area (Å²) in [6, 6.07) is 8.20. The standard InChI is InChI=1S/C17H22ClN3O/c1-4-5-10-19-17(22)15-13(3)20-21(16(15)18)11-14-8-6-12(2)7-9-14/h6-9H,4-5,10-11H2,1-3H3,(H,19,22). The molecule has 0 atom stereocenters. The first-order valence-electron chi connectivity index (χ1n) is 7.59. The van der Waals surface area contributed by atoms with Crippen LogP contribution < -0.4 is 5.32 Å². The quantitative estimate of drug-likeness (QED) is 0.825. The van der Waals surface area contributed by atoms with Crippen molar-refractivity contribution in [2.75, 3.05) is 6.54 Å². The fourth-order valence-electron chi connectivity index (χ4n) is 2.25. The third-order valence-corrected chi connectivity index (χ3v) is 3.95. The summed E-state index contributed by atoms with van der Waals surface area (Å²) in [7, 11) is 0. The highest BCUT2D eigenvalue weighted by Gasteiger charge is 2.19. The second-order valence-electron chi connectivity index (χ2n) is 5.50. The van der Waals surface area contributed by atoms with Gasteiger partial charge in [0, 0.05) is 6.54 Å². The van der Waals surface area contributed by atoms with E-state index in [1.165, 1.54) is 5.56 Å². The van der Waals surface area contributed by atoms with Crippen LogP contribution in [-0.4, -0.2) is 22.2 Å². The highest BCUT2D eigenvalue weighted by atomic mass is 35.5. The van der Waals surface area contributed by atoms with Gasteiger partial charge in [-0.05, 0) is 25.8 Å². The van der Waals surface area contributed by atoms with Gasteiger partial charge in [-0.2, -0.15) is 5.10 Å². The SMILES string of the molecule is CCCCNC(=O)c1c(C)nn(Cc2ccc(C)cc2)c1Cl. The van der Waals surface area contributed by atoms with Crippen LogP contribution in [0.25, 0.3) is 0 Å². The zero-order valence-corrected chi connectivity index (χ0v) is 14.1. The maximum Gasteiger partial charge on any atom is 0.256 e. The number of hydrogen-bond donors (Lipinski definition) is 1. The van der Waals surface area contributed by atoms with Crippen molar-refractivity contribution in [3.05, 3.63) is 51.8 Å². The molecule has 0 saturated carbocycles. The number of rotatable bonds is 6. The van der Waals surface area contributed by atoms with E-state index in [-0.39, 0.29) is 5.91 Å². The van der Waals surface area contributed by atoms with Crippen LogP contribution in [-0.2, 0) is 6.54 Å². The fraction of sp³-hybridized carbons (Fsp3) is 0.412. The van der Waals surface area contributed by atoms with Gasteiger partial charge in [0.05, 0.1) is 17.8 Å². The first-order valence-corrected chi connectivity index (χ1v) is 7.97. The number of nitrogens with zero attached hydrogens (tertiary/aromatic N) is 2. The molecule has 0 unspecified atom stereocenters. The number of carbonyl (C=O) groups is 1. The zero-order valence-electron chi connectivity index (χ0n) is 13.3. The van der Waals surface area contributed by atoms with Crippen molar-refractivity contribution in [1.29, 1.82) is 0 Å². The van der Waals surface area contributed by atoms with E-state index in [2.05, 4.69) is 29.5 Å². The monoisotopic (exact) mass is 319 g/mol. The molecule has 0 saturated heterocycles. The largest absolute Gasteiger partial charge is 0.352 e. The minimum Gasteiger partial charge on any atom is -0.352 e. The minimum atomic E-state index is -0.147. The summed E-state index contributed by atoms with van der Waals surface area (Å²) >= 11 is 6.36. The molecular weight excluding hydrogens is 298 g/mol. The van der Waals surface area contributed by atoms with Gasteiger partial charge in [0.2, 0.25) is 0 Å². The summed E-state index contributed by atoms with van der Waals surface area (Å²) in [5, 5.41) is 7.69. The van der Waals surface area contributed by atoms with Crippen molar-refractivity contribution >= 4 is 17.5 Å². The number of aromatic nitrogens is 2. The van der Waals surface area contributed by atoms with E-state index in [0.717, 1.165) is 18.4 Å². The molecule has 1 aromatic heterocycles. The van der Waals surface area contributed by atoms with E-state index in [9.17, 15) is 4.79 Å². The average Bonchev–Trinajstić information content (AvgIpc) is 2.76. The van der Waals surface area contributed by atoms with Gasteiger partial charge in [-0.1, -0.05) is 54.8 Å². The number of hydrogen-bond acceptors (Lipinski definition) is 2. The molecule has 0 aliphatic carbocycles. The molecule has 0 radical (unpaired) electrons. The van der Waals surface area contributed by atoms with Crippen LogP contribution in [0.1, 0.15) is 46.9 Å². The molecule has 1 amide bonds. The number of benzene rings is 1. The number of amides is 1. The molecule has 5 heteroatoms. The van der Waals surface area contributed by atoms with E-state index >= 15 is 0 Å². The number of nitrogens with one attached hydrogen (secondary N) is 1. The predicted molar refractivity (Wildman–Crippen MR) is 89.5 cm³/mol. The van der Waals surface area contributed by atoms with Gasteiger partial charge in [0.15, 0.2) is 0 Å². The van der Waals surface area contributed by atoms with Gasteiger partial charge in [-0.15, -0.1) is 0 Å². The highest BCUT2D eigenvalue weighted by Crippen LogP contribution is 2.21. The third-order valence-electron chi connectivity index (χ3n) is 3.56. The molecule has 4 nitrogen and oxygen atoms in total. The molecule has 2 rings (SSSR count). The molecule has 118 valence electrons. The van der Waals surface area contributed by atoms with Crippen molar-refractivity contribution in [3.63, 3.8) is 0 Å². The molecular formula is C17H22ClN3O. The molecule has 0 spiro atoms.